The molecule has 2 N–H and O–H groups in total. The van der Waals surface area contributed by atoms with E-state index < -0.39 is 6.04 Å². The second-order valence-electron chi connectivity index (χ2n) is 4.87. The molecule has 3 aromatic rings. The second-order valence-corrected chi connectivity index (χ2v) is 5.79. The van der Waals surface area contributed by atoms with E-state index >= 15 is 0 Å². The maximum atomic E-state index is 13.4. The summed E-state index contributed by atoms with van der Waals surface area (Å²) in [6.45, 7) is 2.02. The highest BCUT2D eigenvalue weighted by Crippen LogP contribution is 2.29. The minimum Gasteiger partial charge on any atom is -0.459 e. The molecule has 2 aromatic carbocycles. The first kappa shape index (κ1) is 13.3. The lowest BCUT2D eigenvalue weighted by Crippen LogP contribution is -2.11. The predicted molar refractivity (Wildman–Crippen MR) is 81.1 cm³/mol. The highest BCUT2D eigenvalue weighted by atomic mass is 79.9. The molecular formula is C16H13BrFNO. The summed E-state index contributed by atoms with van der Waals surface area (Å²) >= 11 is 3.27. The molecule has 1 heterocycles. The zero-order valence-electron chi connectivity index (χ0n) is 10.9. The van der Waals surface area contributed by atoms with Crippen molar-refractivity contribution in [2.45, 2.75) is 13.0 Å². The number of halogens is 2. The van der Waals surface area contributed by atoms with Crippen LogP contribution in [-0.2, 0) is 0 Å². The van der Waals surface area contributed by atoms with Crippen LogP contribution in [0.3, 0.4) is 0 Å². The zero-order valence-corrected chi connectivity index (χ0v) is 12.4. The van der Waals surface area contributed by atoms with Gasteiger partial charge in [0.2, 0.25) is 0 Å². The molecule has 1 aromatic heterocycles. The van der Waals surface area contributed by atoms with Crippen molar-refractivity contribution < 1.29 is 8.81 Å². The molecule has 0 radical (unpaired) electrons. The summed E-state index contributed by atoms with van der Waals surface area (Å²) < 4.78 is 19.9. The number of rotatable bonds is 2. The lowest BCUT2D eigenvalue weighted by molar-refractivity contribution is 0.523. The molecule has 3 rings (SSSR count). The van der Waals surface area contributed by atoms with Crippen LogP contribution in [0.15, 0.2) is 51.4 Å². The molecule has 0 saturated heterocycles. The second kappa shape index (κ2) is 5.04. The number of nitrogens with two attached hydrogens (primary N) is 1. The Kier molecular flexibility index (Phi) is 3.36. The summed E-state index contributed by atoms with van der Waals surface area (Å²) in [5.41, 5.74) is 8.80. The molecule has 4 heteroatoms. The highest BCUT2D eigenvalue weighted by molar-refractivity contribution is 9.10. The van der Waals surface area contributed by atoms with E-state index in [2.05, 4.69) is 15.9 Å². The third-order valence-electron chi connectivity index (χ3n) is 3.24. The molecule has 0 amide bonds. The fraction of sp³-hybridized carbons (Fsp3) is 0.125. The quantitative estimate of drug-likeness (QED) is 0.738. The number of furan rings is 1. The van der Waals surface area contributed by atoms with E-state index in [1.54, 1.807) is 6.07 Å². The Morgan fingerprint density at radius 2 is 1.95 bits per heavy atom. The molecular weight excluding hydrogens is 321 g/mol. The summed E-state index contributed by atoms with van der Waals surface area (Å²) in [6.07, 6.45) is 0. The Morgan fingerprint density at radius 1 is 1.15 bits per heavy atom. The number of aryl methyl sites for hydroxylation is 1. The van der Waals surface area contributed by atoms with Gasteiger partial charge in [0.1, 0.15) is 17.2 Å². The third kappa shape index (κ3) is 2.49. The molecule has 1 unspecified atom stereocenters. The van der Waals surface area contributed by atoms with Crippen LogP contribution in [-0.4, -0.2) is 0 Å². The molecule has 0 saturated carbocycles. The summed E-state index contributed by atoms with van der Waals surface area (Å²) in [5, 5.41) is 1.01. The molecule has 0 spiro atoms. The van der Waals surface area contributed by atoms with Crippen LogP contribution in [0.1, 0.15) is 22.9 Å². The summed E-state index contributed by atoms with van der Waals surface area (Å²) in [5.74, 6) is 0.305. The van der Waals surface area contributed by atoms with Gasteiger partial charge >= 0.3 is 0 Å². The van der Waals surface area contributed by atoms with E-state index in [0.717, 1.165) is 16.5 Å². The van der Waals surface area contributed by atoms with Crippen molar-refractivity contribution in [2.24, 2.45) is 5.73 Å². The first-order chi connectivity index (χ1) is 9.52. The zero-order chi connectivity index (χ0) is 14.3. The van der Waals surface area contributed by atoms with Gasteiger partial charge in [-0.25, -0.2) is 4.39 Å². The van der Waals surface area contributed by atoms with Crippen molar-refractivity contribution in [3.05, 3.63) is 69.6 Å². The smallest absolute Gasteiger partial charge is 0.134 e. The van der Waals surface area contributed by atoms with Gasteiger partial charge in [-0.1, -0.05) is 27.6 Å². The summed E-state index contributed by atoms with van der Waals surface area (Å²) in [4.78, 5) is 0. The molecule has 20 heavy (non-hydrogen) atoms. The number of hydrogen-bond donors (Lipinski definition) is 1. The maximum Gasteiger partial charge on any atom is 0.134 e. The van der Waals surface area contributed by atoms with Crippen LogP contribution in [0.4, 0.5) is 4.39 Å². The van der Waals surface area contributed by atoms with Gasteiger partial charge in [-0.3, -0.25) is 0 Å². The normalized spacial score (nSPS) is 12.8. The average Bonchev–Trinajstić information content (AvgIpc) is 2.79. The molecule has 0 aliphatic heterocycles. The molecule has 0 bridgehead atoms. The highest BCUT2D eigenvalue weighted by Gasteiger charge is 2.15. The standard InChI is InChI=1S/C16H13BrFNO/c1-9-2-3-14-10(4-9)7-15(20-14)16(19)11-5-12(17)8-13(18)6-11/h2-8,16H,19H2,1H3. The first-order valence-corrected chi connectivity index (χ1v) is 7.04. The van der Waals surface area contributed by atoms with Crippen molar-refractivity contribution in [2.75, 3.05) is 0 Å². The number of hydrogen-bond acceptors (Lipinski definition) is 2. The number of fused-ring (bicyclic) bond motifs is 1. The Morgan fingerprint density at radius 3 is 2.70 bits per heavy atom. The van der Waals surface area contributed by atoms with Gasteiger partial charge in [-0.15, -0.1) is 0 Å². The van der Waals surface area contributed by atoms with Gasteiger partial charge < -0.3 is 10.2 Å². The van der Waals surface area contributed by atoms with Crippen LogP contribution in [0.25, 0.3) is 11.0 Å². The van der Waals surface area contributed by atoms with E-state index in [1.807, 2.05) is 31.2 Å². The minimum absolute atomic E-state index is 0.322. The van der Waals surface area contributed by atoms with E-state index in [4.69, 9.17) is 10.2 Å². The van der Waals surface area contributed by atoms with Gasteiger partial charge in [0.05, 0.1) is 6.04 Å². The fourth-order valence-electron chi connectivity index (χ4n) is 2.26. The van der Waals surface area contributed by atoms with Gasteiger partial charge in [0.15, 0.2) is 0 Å². The number of benzene rings is 2. The van der Waals surface area contributed by atoms with Crippen molar-refractivity contribution in [3.63, 3.8) is 0 Å². The molecule has 102 valence electrons. The van der Waals surface area contributed by atoms with Crippen LogP contribution < -0.4 is 5.73 Å². The Bertz CT molecular complexity index is 761. The molecule has 1 atom stereocenters. The Labute approximate surface area is 124 Å². The van der Waals surface area contributed by atoms with E-state index in [0.29, 0.717) is 15.8 Å². The van der Waals surface area contributed by atoms with Crippen LogP contribution in [0, 0.1) is 12.7 Å². The van der Waals surface area contributed by atoms with Gasteiger partial charge in [-0.2, -0.15) is 0 Å². The van der Waals surface area contributed by atoms with Crippen molar-refractivity contribution >= 4 is 26.9 Å². The van der Waals surface area contributed by atoms with Crippen LogP contribution in [0.2, 0.25) is 0 Å². The molecule has 0 aliphatic rings. The van der Waals surface area contributed by atoms with Gasteiger partial charge in [-0.05, 0) is 48.9 Å². The molecule has 2 nitrogen and oxygen atoms in total. The summed E-state index contributed by atoms with van der Waals surface area (Å²) in [6, 6.07) is 12.0. The van der Waals surface area contributed by atoms with Gasteiger partial charge in [0.25, 0.3) is 0 Å². The maximum absolute atomic E-state index is 13.4. The Balaban J connectivity index is 2.05. The monoisotopic (exact) mass is 333 g/mol. The Hall–Kier alpha value is -1.65. The lowest BCUT2D eigenvalue weighted by atomic mass is 10.0. The van der Waals surface area contributed by atoms with E-state index in [9.17, 15) is 4.39 Å². The molecule has 0 aliphatic carbocycles. The van der Waals surface area contributed by atoms with Crippen LogP contribution in [0.5, 0.6) is 0 Å². The predicted octanol–water partition coefficient (Wildman–Crippen LogP) is 4.69. The first-order valence-electron chi connectivity index (χ1n) is 6.24. The van der Waals surface area contributed by atoms with Crippen LogP contribution >= 0.6 is 15.9 Å². The fourth-order valence-corrected chi connectivity index (χ4v) is 2.74. The third-order valence-corrected chi connectivity index (χ3v) is 3.70. The largest absolute Gasteiger partial charge is 0.459 e. The lowest BCUT2D eigenvalue weighted by Gasteiger charge is -2.09. The SMILES string of the molecule is Cc1ccc2oc(C(N)c3cc(F)cc(Br)c3)cc2c1. The van der Waals surface area contributed by atoms with Crippen molar-refractivity contribution in [3.8, 4) is 0 Å². The average molecular weight is 334 g/mol. The van der Waals surface area contributed by atoms with E-state index in [-0.39, 0.29) is 5.82 Å². The van der Waals surface area contributed by atoms with E-state index in [1.165, 1.54) is 12.1 Å². The topological polar surface area (TPSA) is 39.2 Å². The molecule has 0 fully saturated rings. The summed E-state index contributed by atoms with van der Waals surface area (Å²) in [7, 11) is 0. The minimum atomic E-state index is -0.491. The van der Waals surface area contributed by atoms with Crippen molar-refractivity contribution in [1.29, 1.82) is 0 Å². The van der Waals surface area contributed by atoms with Gasteiger partial charge in [0, 0.05) is 9.86 Å². The van der Waals surface area contributed by atoms with Crippen molar-refractivity contribution in [1.82, 2.24) is 0 Å².